The van der Waals surface area contributed by atoms with Gasteiger partial charge in [0, 0.05) is 45.1 Å². The SMILES string of the molecule is CN(C(=O)Oc1ccc(F)cc1)C1CN(C(=O)C2CCN(c3ccc(Cl)nn3)CC2)CC1c1ccc(Cl)c(Cl)c1. The Morgan fingerprint density at radius 2 is 1.68 bits per heavy atom. The number of carbonyl (C=O) groups is 2. The maximum atomic E-state index is 13.7. The van der Waals surface area contributed by atoms with Crippen molar-refractivity contribution in [2.75, 3.05) is 38.1 Å². The summed E-state index contributed by atoms with van der Waals surface area (Å²) in [6, 6.07) is 13.7. The van der Waals surface area contributed by atoms with Gasteiger partial charge in [-0.2, -0.15) is 0 Å². The zero-order valence-electron chi connectivity index (χ0n) is 21.6. The summed E-state index contributed by atoms with van der Waals surface area (Å²) in [6.45, 7) is 2.09. The average Bonchev–Trinajstić information content (AvgIpc) is 3.41. The Morgan fingerprint density at radius 3 is 2.33 bits per heavy atom. The number of nitrogens with zero attached hydrogens (tertiary/aromatic N) is 5. The topological polar surface area (TPSA) is 78.9 Å². The van der Waals surface area contributed by atoms with Crippen LogP contribution < -0.4 is 9.64 Å². The number of likely N-dealkylation sites (N-methyl/N-ethyl adjacent to an activating group) is 1. The summed E-state index contributed by atoms with van der Waals surface area (Å²) in [5.74, 6) is 0.222. The van der Waals surface area contributed by atoms with Gasteiger partial charge in [-0.05, 0) is 66.9 Å². The highest BCUT2D eigenvalue weighted by Gasteiger charge is 2.42. The molecule has 2 unspecified atom stereocenters. The van der Waals surface area contributed by atoms with Crippen molar-refractivity contribution < 1.29 is 18.7 Å². The second kappa shape index (κ2) is 12.2. The first-order valence-corrected chi connectivity index (χ1v) is 14.0. The molecule has 2 fully saturated rings. The van der Waals surface area contributed by atoms with E-state index >= 15 is 0 Å². The zero-order valence-corrected chi connectivity index (χ0v) is 23.9. The normalized spacial score (nSPS) is 19.5. The minimum Gasteiger partial charge on any atom is -0.410 e. The molecule has 0 N–H and O–H groups in total. The summed E-state index contributed by atoms with van der Waals surface area (Å²) >= 11 is 18.3. The Hall–Kier alpha value is -3.14. The number of hydrogen-bond donors (Lipinski definition) is 0. The van der Waals surface area contributed by atoms with Crippen molar-refractivity contribution in [3.05, 3.63) is 81.2 Å². The maximum absolute atomic E-state index is 13.7. The summed E-state index contributed by atoms with van der Waals surface area (Å²) in [4.78, 5) is 32.2. The van der Waals surface area contributed by atoms with Gasteiger partial charge in [-0.3, -0.25) is 4.79 Å². The molecule has 40 heavy (non-hydrogen) atoms. The molecule has 2 aliphatic rings. The van der Waals surface area contributed by atoms with Gasteiger partial charge in [0.25, 0.3) is 0 Å². The molecule has 0 spiro atoms. The van der Waals surface area contributed by atoms with Crippen LogP contribution in [-0.4, -0.2) is 71.3 Å². The first kappa shape index (κ1) is 28.4. The highest BCUT2D eigenvalue weighted by molar-refractivity contribution is 6.42. The Bertz CT molecular complexity index is 1370. The number of halogens is 4. The molecule has 5 rings (SSSR count). The summed E-state index contributed by atoms with van der Waals surface area (Å²) in [5.41, 5.74) is 0.868. The Balaban J connectivity index is 1.30. The lowest BCUT2D eigenvalue weighted by molar-refractivity contribution is -0.135. The van der Waals surface area contributed by atoms with E-state index in [-0.39, 0.29) is 29.5 Å². The molecule has 2 aliphatic heterocycles. The van der Waals surface area contributed by atoms with Crippen LogP contribution in [0, 0.1) is 11.7 Å². The predicted molar refractivity (Wildman–Crippen MR) is 152 cm³/mol. The highest BCUT2D eigenvalue weighted by Crippen LogP contribution is 2.36. The molecule has 2 atom stereocenters. The van der Waals surface area contributed by atoms with Gasteiger partial charge >= 0.3 is 6.09 Å². The number of ether oxygens (including phenoxy) is 1. The van der Waals surface area contributed by atoms with Gasteiger partial charge in [-0.15, -0.1) is 10.2 Å². The van der Waals surface area contributed by atoms with E-state index in [9.17, 15) is 14.0 Å². The number of anilines is 1. The summed E-state index contributed by atoms with van der Waals surface area (Å²) < 4.78 is 18.8. The third-order valence-corrected chi connectivity index (χ3v) is 8.50. The standard InChI is InChI=1S/C28H27Cl3FN5O3/c1-35(28(39)40-20-5-3-19(32)4-6-20)24-16-37(15-21(24)18-2-7-22(29)23(30)14-18)27(38)17-10-12-36(13-11-17)26-9-8-25(31)33-34-26/h2-9,14,17,21,24H,10-13,15-16H2,1H3. The van der Waals surface area contributed by atoms with Gasteiger partial charge in [-0.25, -0.2) is 9.18 Å². The van der Waals surface area contributed by atoms with Crippen LogP contribution in [0.15, 0.2) is 54.6 Å². The number of likely N-dealkylation sites (tertiary alicyclic amines) is 1. The van der Waals surface area contributed by atoms with Crippen molar-refractivity contribution in [1.29, 1.82) is 0 Å². The smallest absolute Gasteiger partial charge is 0.410 e. The van der Waals surface area contributed by atoms with Crippen molar-refractivity contribution in [3.8, 4) is 5.75 Å². The van der Waals surface area contributed by atoms with Crippen molar-refractivity contribution >= 4 is 52.6 Å². The Morgan fingerprint density at radius 1 is 0.950 bits per heavy atom. The van der Waals surface area contributed by atoms with Crippen LogP contribution in [-0.2, 0) is 4.79 Å². The average molecular weight is 607 g/mol. The van der Waals surface area contributed by atoms with Gasteiger partial charge in [0.05, 0.1) is 16.1 Å². The second-order valence-corrected chi connectivity index (χ2v) is 11.2. The monoisotopic (exact) mass is 605 g/mol. The molecule has 8 nitrogen and oxygen atoms in total. The second-order valence-electron chi connectivity index (χ2n) is 10.00. The molecule has 2 aromatic carbocycles. The molecule has 2 saturated heterocycles. The lowest BCUT2D eigenvalue weighted by Gasteiger charge is -2.33. The highest BCUT2D eigenvalue weighted by atomic mass is 35.5. The van der Waals surface area contributed by atoms with Crippen LogP contribution in [0.1, 0.15) is 24.3 Å². The van der Waals surface area contributed by atoms with Crippen LogP contribution in [0.4, 0.5) is 15.0 Å². The van der Waals surface area contributed by atoms with Crippen LogP contribution in [0.5, 0.6) is 5.75 Å². The van der Waals surface area contributed by atoms with Crippen LogP contribution in [0.25, 0.3) is 0 Å². The lowest BCUT2D eigenvalue weighted by atomic mass is 9.93. The van der Waals surface area contributed by atoms with E-state index in [4.69, 9.17) is 39.5 Å². The molecule has 2 amide bonds. The van der Waals surface area contributed by atoms with E-state index in [0.717, 1.165) is 11.4 Å². The number of rotatable bonds is 5. The zero-order chi connectivity index (χ0) is 28.4. The molecule has 210 valence electrons. The van der Waals surface area contributed by atoms with Gasteiger partial charge in [0.2, 0.25) is 5.91 Å². The molecule has 0 bridgehead atoms. The van der Waals surface area contributed by atoms with E-state index in [1.54, 1.807) is 25.2 Å². The van der Waals surface area contributed by atoms with E-state index in [2.05, 4.69) is 15.1 Å². The summed E-state index contributed by atoms with van der Waals surface area (Å²) in [5, 5.41) is 9.22. The molecule has 0 saturated carbocycles. The van der Waals surface area contributed by atoms with E-state index in [1.807, 2.05) is 17.0 Å². The third kappa shape index (κ3) is 6.27. The quantitative estimate of drug-likeness (QED) is 0.359. The van der Waals surface area contributed by atoms with Gasteiger partial charge in [-0.1, -0.05) is 40.9 Å². The third-order valence-electron chi connectivity index (χ3n) is 7.56. The molecule has 0 aliphatic carbocycles. The maximum Gasteiger partial charge on any atom is 0.415 e. The van der Waals surface area contributed by atoms with Gasteiger partial charge in [0.15, 0.2) is 11.0 Å². The Kier molecular flexibility index (Phi) is 8.63. The fourth-order valence-electron chi connectivity index (χ4n) is 5.33. The van der Waals surface area contributed by atoms with Crippen LogP contribution in [0.2, 0.25) is 15.2 Å². The van der Waals surface area contributed by atoms with Gasteiger partial charge < -0.3 is 19.4 Å². The molecule has 3 aromatic rings. The number of piperidine rings is 1. The fraction of sp³-hybridized carbons (Fsp3) is 0.357. The summed E-state index contributed by atoms with van der Waals surface area (Å²) in [7, 11) is 1.64. The molecule has 0 radical (unpaired) electrons. The summed E-state index contributed by atoms with van der Waals surface area (Å²) in [6.07, 6.45) is 0.738. The van der Waals surface area contributed by atoms with Crippen molar-refractivity contribution in [1.82, 2.24) is 20.0 Å². The lowest BCUT2D eigenvalue weighted by Crippen LogP contribution is -2.45. The van der Waals surface area contributed by atoms with Gasteiger partial charge in [0.1, 0.15) is 11.6 Å². The van der Waals surface area contributed by atoms with Crippen molar-refractivity contribution in [3.63, 3.8) is 0 Å². The Labute approximate surface area is 246 Å². The molecular formula is C28H27Cl3FN5O3. The minimum atomic E-state index is -0.603. The number of amides is 2. The van der Waals surface area contributed by atoms with E-state index < -0.39 is 11.9 Å². The van der Waals surface area contributed by atoms with Crippen LogP contribution in [0.3, 0.4) is 0 Å². The first-order valence-electron chi connectivity index (χ1n) is 12.9. The molecule has 1 aromatic heterocycles. The fourth-order valence-corrected chi connectivity index (χ4v) is 5.74. The van der Waals surface area contributed by atoms with E-state index in [1.165, 1.54) is 29.2 Å². The first-order chi connectivity index (χ1) is 19.2. The minimum absolute atomic E-state index is 0.0507. The molecular weight excluding hydrogens is 580 g/mol. The van der Waals surface area contributed by atoms with Crippen molar-refractivity contribution in [2.45, 2.75) is 24.8 Å². The number of carbonyl (C=O) groups excluding carboxylic acids is 2. The predicted octanol–water partition coefficient (Wildman–Crippen LogP) is 5.92. The largest absolute Gasteiger partial charge is 0.415 e. The number of benzene rings is 2. The number of aromatic nitrogens is 2. The van der Waals surface area contributed by atoms with E-state index in [0.29, 0.717) is 54.2 Å². The molecule has 3 heterocycles. The molecule has 12 heteroatoms. The number of hydrogen-bond acceptors (Lipinski definition) is 6. The van der Waals surface area contributed by atoms with Crippen molar-refractivity contribution in [2.24, 2.45) is 5.92 Å². The van der Waals surface area contributed by atoms with Crippen LogP contribution >= 0.6 is 34.8 Å².